The molecular formula is C29H30FNO5. The van der Waals surface area contributed by atoms with Crippen molar-refractivity contribution in [3.8, 4) is 0 Å². The summed E-state index contributed by atoms with van der Waals surface area (Å²) in [5.74, 6) is -3.87. The van der Waals surface area contributed by atoms with Crippen LogP contribution in [0.5, 0.6) is 0 Å². The van der Waals surface area contributed by atoms with Gasteiger partial charge in [0.2, 0.25) is 0 Å². The van der Waals surface area contributed by atoms with Crippen LogP contribution in [-0.4, -0.2) is 47.7 Å². The molecule has 0 unspecified atom stereocenters. The summed E-state index contributed by atoms with van der Waals surface area (Å²) in [4.78, 5) is 20.4. The van der Waals surface area contributed by atoms with Crippen molar-refractivity contribution in [2.45, 2.75) is 25.0 Å². The molecule has 0 bridgehead atoms. The molecule has 3 aromatic rings. The second-order valence-electron chi connectivity index (χ2n) is 8.80. The van der Waals surface area contributed by atoms with Gasteiger partial charge >= 0.3 is 11.9 Å². The molecule has 1 atom stereocenters. The Hall–Kier alpha value is -3.81. The number of fused-ring (bicyclic) bond motifs is 1. The highest BCUT2D eigenvalue weighted by atomic mass is 19.1. The van der Waals surface area contributed by atoms with E-state index in [0.717, 1.165) is 30.5 Å². The molecule has 1 aliphatic rings. The Morgan fingerprint density at radius 1 is 0.944 bits per heavy atom. The third-order valence-corrected chi connectivity index (χ3v) is 5.93. The molecule has 0 aliphatic carbocycles. The van der Waals surface area contributed by atoms with Crippen molar-refractivity contribution < 1.29 is 28.9 Å². The lowest BCUT2D eigenvalue weighted by Gasteiger charge is -2.31. The van der Waals surface area contributed by atoms with Gasteiger partial charge in [0.05, 0.1) is 6.61 Å². The molecule has 36 heavy (non-hydrogen) atoms. The molecule has 0 amide bonds. The highest BCUT2D eigenvalue weighted by molar-refractivity contribution is 6.27. The second kappa shape index (κ2) is 12.2. The van der Waals surface area contributed by atoms with Crippen molar-refractivity contribution in [2.24, 2.45) is 0 Å². The summed E-state index contributed by atoms with van der Waals surface area (Å²) in [6.07, 6.45) is 6.13. The third-order valence-electron chi connectivity index (χ3n) is 5.93. The summed E-state index contributed by atoms with van der Waals surface area (Å²) in [7, 11) is 4.17. The van der Waals surface area contributed by atoms with Gasteiger partial charge in [0.25, 0.3) is 0 Å². The molecule has 1 heterocycles. The maximum atomic E-state index is 13.6. The van der Waals surface area contributed by atoms with Gasteiger partial charge in [-0.2, -0.15) is 0 Å². The van der Waals surface area contributed by atoms with E-state index in [9.17, 15) is 4.39 Å². The smallest absolute Gasteiger partial charge is 0.414 e. The van der Waals surface area contributed by atoms with Crippen molar-refractivity contribution in [2.75, 3.05) is 20.6 Å². The second-order valence-corrected chi connectivity index (χ2v) is 8.80. The molecule has 0 saturated carbocycles. The maximum Gasteiger partial charge on any atom is 0.414 e. The van der Waals surface area contributed by atoms with E-state index in [2.05, 4.69) is 61.5 Å². The van der Waals surface area contributed by atoms with Crippen LogP contribution >= 0.6 is 0 Å². The van der Waals surface area contributed by atoms with Crippen LogP contribution in [0.25, 0.3) is 12.2 Å². The summed E-state index contributed by atoms with van der Waals surface area (Å²) in [5.41, 5.74) is 5.25. The highest BCUT2D eigenvalue weighted by Crippen LogP contribution is 2.45. The maximum absolute atomic E-state index is 13.6. The highest BCUT2D eigenvalue weighted by Gasteiger charge is 2.41. The minimum atomic E-state index is -1.82. The van der Waals surface area contributed by atoms with Gasteiger partial charge in [-0.1, -0.05) is 66.7 Å². The average Bonchev–Trinajstić information content (AvgIpc) is 3.22. The van der Waals surface area contributed by atoms with Crippen molar-refractivity contribution in [1.29, 1.82) is 0 Å². The van der Waals surface area contributed by atoms with Crippen LogP contribution in [0.3, 0.4) is 0 Å². The fraction of sp³-hybridized carbons (Fsp3) is 0.241. The van der Waals surface area contributed by atoms with Crippen LogP contribution in [0.4, 0.5) is 4.39 Å². The first-order chi connectivity index (χ1) is 17.2. The summed E-state index contributed by atoms with van der Waals surface area (Å²) in [5, 5.41) is 14.8. The normalized spacial score (nSPS) is 16.4. The van der Waals surface area contributed by atoms with Crippen molar-refractivity contribution in [3.63, 3.8) is 0 Å². The molecule has 2 N–H and O–H groups in total. The Kier molecular flexibility index (Phi) is 9.11. The van der Waals surface area contributed by atoms with Crippen LogP contribution < -0.4 is 0 Å². The number of benzene rings is 3. The Morgan fingerprint density at radius 3 is 2.19 bits per heavy atom. The summed E-state index contributed by atoms with van der Waals surface area (Å²) in [6, 6.07) is 23.6. The average molecular weight is 492 g/mol. The molecule has 3 aromatic carbocycles. The van der Waals surface area contributed by atoms with Crippen LogP contribution in [0.2, 0.25) is 0 Å². The van der Waals surface area contributed by atoms with E-state index in [1.54, 1.807) is 0 Å². The molecular weight excluding hydrogens is 461 g/mol. The molecule has 0 radical (unpaired) electrons. The molecule has 0 aromatic heterocycles. The van der Waals surface area contributed by atoms with Gasteiger partial charge in [-0.05, 0) is 79.5 Å². The standard InChI is InChI=1S/C27H28FNO.C2H2O4/c1-29(2)18-6-17-27(24-12-14-25(28)15-13-24)26-16-11-22(19-23(26)20-30-27)10-9-21-7-4-3-5-8-21;3-1(4)2(5)6/h3-5,7-16,19H,6,17-18,20H2,1-2H3;(H,3,4)(H,5,6)/b10-9+;/t27-;/m1./s1. The minimum absolute atomic E-state index is 0.221. The first-order valence-electron chi connectivity index (χ1n) is 11.6. The summed E-state index contributed by atoms with van der Waals surface area (Å²) >= 11 is 0. The van der Waals surface area contributed by atoms with Crippen molar-refractivity contribution in [1.82, 2.24) is 4.90 Å². The predicted octanol–water partition coefficient (Wildman–Crippen LogP) is 5.27. The van der Waals surface area contributed by atoms with Crippen LogP contribution in [-0.2, 0) is 26.5 Å². The molecule has 4 rings (SSSR count). The number of hydrogen-bond donors (Lipinski definition) is 2. The molecule has 0 fully saturated rings. The van der Waals surface area contributed by atoms with Gasteiger partial charge in [-0.25, -0.2) is 14.0 Å². The van der Waals surface area contributed by atoms with E-state index in [-0.39, 0.29) is 5.82 Å². The molecule has 7 heteroatoms. The monoisotopic (exact) mass is 491 g/mol. The van der Waals surface area contributed by atoms with Gasteiger partial charge in [-0.15, -0.1) is 0 Å². The van der Waals surface area contributed by atoms with Gasteiger partial charge in [0.15, 0.2) is 0 Å². The van der Waals surface area contributed by atoms with E-state index < -0.39 is 17.5 Å². The number of aliphatic carboxylic acids is 2. The number of carboxylic acid groups (broad SMARTS) is 2. The van der Waals surface area contributed by atoms with Gasteiger partial charge < -0.3 is 19.8 Å². The topological polar surface area (TPSA) is 87.1 Å². The van der Waals surface area contributed by atoms with E-state index in [1.807, 2.05) is 30.3 Å². The Morgan fingerprint density at radius 2 is 1.58 bits per heavy atom. The summed E-state index contributed by atoms with van der Waals surface area (Å²) in [6.45, 7) is 1.56. The zero-order valence-corrected chi connectivity index (χ0v) is 20.4. The fourth-order valence-corrected chi connectivity index (χ4v) is 4.22. The molecule has 188 valence electrons. The van der Waals surface area contributed by atoms with E-state index in [4.69, 9.17) is 24.5 Å². The Bertz CT molecular complexity index is 1200. The lowest BCUT2D eigenvalue weighted by atomic mass is 9.81. The number of carboxylic acids is 2. The fourth-order valence-electron chi connectivity index (χ4n) is 4.22. The van der Waals surface area contributed by atoms with Gasteiger partial charge in [0, 0.05) is 0 Å². The third kappa shape index (κ3) is 6.87. The predicted molar refractivity (Wildman–Crippen MR) is 137 cm³/mol. The van der Waals surface area contributed by atoms with E-state index in [0.29, 0.717) is 6.61 Å². The molecule has 0 spiro atoms. The largest absolute Gasteiger partial charge is 0.473 e. The van der Waals surface area contributed by atoms with Gasteiger partial charge in [0.1, 0.15) is 11.4 Å². The zero-order valence-electron chi connectivity index (χ0n) is 20.4. The lowest BCUT2D eigenvalue weighted by molar-refractivity contribution is -0.159. The zero-order chi connectivity index (χ0) is 26.1. The minimum Gasteiger partial charge on any atom is -0.473 e. The number of nitrogens with zero attached hydrogens (tertiary/aromatic N) is 1. The first-order valence-corrected chi connectivity index (χ1v) is 11.6. The molecule has 1 aliphatic heterocycles. The van der Waals surface area contributed by atoms with Gasteiger partial charge in [-0.3, -0.25) is 0 Å². The molecule has 0 saturated heterocycles. The van der Waals surface area contributed by atoms with Crippen molar-refractivity contribution >= 4 is 24.1 Å². The van der Waals surface area contributed by atoms with E-state index in [1.165, 1.54) is 28.8 Å². The van der Waals surface area contributed by atoms with Crippen LogP contribution in [0.1, 0.15) is 40.7 Å². The molecule has 6 nitrogen and oxygen atoms in total. The number of rotatable bonds is 7. The number of hydrogen-bond acceptors (Lipinski definition) is 4. The summed E-state index contributed by atoms with van der Waals surface area (Å²) < 4.78 is 20.0. The SMILES string of the molecule is CN(C)CCC[C@]1(c2ccc(F)cc2)OCc2cc(/C=C/c3ccccc3)ccc21.O=C(O)C(=O)O. The number of carbonyl (C=O) groups is 2. The Labute approximate surface area is 210 Å². The quantitative estimate of drug-likeness (QED) is 0.346. The van der Waals surface area contributed by atoms with E-state index >= 15 is 0 Å². The van der Waals surface area contributed by atoms with Crippen LogP contribution in [0.15, 0.2) is 72.8 Å². The number of halogens is 1. The number of ether oxygens (including phenoxy) is 1. The van der Waals surface area contributed by atoms with Crippen LogP contribution in [0, 0.1) is 5.82 Å². The lowest BCUT2D eigenvalue weighted by Crippen LogP contribution is -2.28. The Balaban J connectivity index is 0.000000538. The first kappa shape index (κ1) is 26.8. The van der Waals surface area contributed by atoms with Crippen molar-refractivity contribution in [3.05, 3.63) is 106 Å².